The summed E-state index contributed by atoms with van der Waals surface area (Å²) in [4.78, 5) is 0. The molecule has 0 aliphatic carbocycles. The molecule has 0 bridgehead atoms. The van der Waals surface area contributed by atoms with Crippen LogP contribution < -0.4 is 5.32 Å². The third kappa shape index (κ3) is 3.97. The first-order valence-corrected chi connectivity index (χ1v) is 7.06. The van der Waals surface area contributed by atoms with E-state index in [0.717, 1.165) is 31.0 Å². The van der Waals surface area contributed by atoms with Crippen LogP contribution in [-0.2, 0) is 19.5 Å². The van der Waals surface area contributed by atoms with E-state index in [1.54, 1.807) is 0 Å². The van der Waals surface area contributed by atoms with Gasteiger partial charge in [-0.05, 0) is 29.2 Å². The fourth-order valence-electron chi connectivity index (χ4n) is 2.06. The van der Waals surface area contributed by atoms with E-state index < -0.39 is 0 Å². The van der Waals surface area contributed by atoms with Crippen LogP contribution in [-0.4, -0.2) is 0 Å². The zero-order valence-corrected chi connectivity index (χ0v) is 12.1. The maximum absolute atomic E-state index is 5.66. The summed E-state index contributed by atoms with van der Waals surface area (Å²) in [6.45, 7) is 8.20. The first-order chi connectivity index (χ1) is 9.19. The molecule has 0 aliphatic rings. The van der Waals surface area contributed by atoms with E-state index in [2.05, 4.69) is 56.4 Å². The van der Waals surface area contributed by atoms with E-state index in [4.69, 9.17) is 4.42 Å². The Kier molecular flexibility index (Phi) is 4.80. The number of hydrogen-bond donors (Lipinski definition) is 1. The summed E-state index contributed by atoms with van der Waals surface area (Å²) in [7, 11) is 0. The van der Waals surface area contributed by atoms with Crippen molar-refractivity contribution >= 4 is 0 Å². The lowest BCUT2D eigenvalue weighted by Crippen LogP contribution is -2.12. The molecular weight excluding hydrogens is 234 g/mol. The molecule has 2 rings (SSSR count). The summed E-state index contributed by atoms with van der Waals surface area (Å²) in [6, 6.07) is 12.9. The SMILES string of the molecule is CCc1ccc(CNCc2ccc(C(C)C)cc2)o1. The molecule has 1 N–H and O–H groups in total. The van der Waals surface area contributed by atoms with Gasteiger partial charge in [-0.15, -0.1) is 0 Å². The zero-order valence-electron chi connectivity index (χ0n) is 12.1. The predicted molar refractivity (Wildman–Crippen MR) is 79.2 cm³/mol. The largest absolute Gasteiger partial charge is 0.465 e. The van der Waals surface area contributed by atoms with Crippen LogP contribution >= 0.6 is 0 Å². The molecule has 0 aliphatic heterocycles. The number of hydrogen-bond acceptors (Lipinski definition) is 2. The van der Waals surface area contributed by atoms with Gasteiger partial charge in [-0.25, -0.2) is 0 Å². The first-order valence-electron chi connectivity index (χ1n) is 7.06. The molecule has 1 aromatic heterocycles. The minimum atomic E-state index is 0.595. The summed E-state index contributed by atoms with van der Waals surface area (Å²) >= 11 is 0. The van der Waals surface area contributed by atoms with E-state index in [0.29, 0.717) is 5.92 Å². The lowest BCUT2D eigenvalue weighted by atomic mass is 10.0. The van der Waals surface area contributed by atoms with Crippen molar-refractivity contribution in [2.24, 2.45) is 0 Å². The Labute approximate surface area is 115 Å². The van der Waals surface area contributed by atoms with Crippen LogP contribution in [0.15, 0.2) is 40.8 Å². The standard InChI is InChI=1S/C17H23NO/c1-4-16-9-10-17(19-16)12-18-11-14-5-7-15(8-6-14)13(2)3/h5-10,13,18H,4,11-12H2,1-3H3. The Balaban J connectivity index is 1.82. The molecule has 2 aromatic rings. The fraction of sp³-hybridized carbons (Fsp3) is 0.412. The van der Waals surface area contributed by atoms with Gasteiger partial charge in [0.05, 0.1) is 6.54 Å². The maximum atomic E-state index is 5.66. The monoisotopic (exact) mass is 257 g/mol. The molecule has 2 nitrogen and oxygen atoms in total. The van der Waals surface area contributed by atoms with Crippen molar-refractivity contribution in [3.8, 4) is 0 Å². The van der Waals surface area contributed by atoms with Gasteiger partial charge in [-0.2, -0.15) is 0 Å². The van der Waals surface area contributed by atoms with Crippen LogP contribution in [0.1, 0.15) is 49.3 Å². The third-order valence-electron chi connectivity index (χ3n) is 3.34. The molecule has 0 radical (unpaired) electrons. The molecule has 0 amide bonds. The Morgan fingerprint density at radius 3 is 2.21 bits per heavy atom. The summed E-state index contributed by atoms with van der Waals surface area (Å²) in [5.41, 5.74) is 2.70. The van der Waals surface area contributed by atoms with Gasteiger partial charge < -0.3 is 9.73 Å². The van der Waals surface area contributed by atoms with Crippen molar-refractivity contribution in [1.82, 2.24) is 5.32 Å². The number of benzene rings is 1. The summed E-state index contributed by atoms with van der Waals surface area (Å²) in [5, 5.41) is 3.41. The maximum Gasteiger partial charge on any atom is 0.117 e. The highest BCUT2D eigenvalue weighted by atomic mass is 16.3. The van der Waals surface area contributed by atoms with E-state index >= 15 is 0 Å². The van der Waals surface area contributed by atoms with Crippen LogP contribution in [0.3, 0.4) is 0 Å². The highest BCUT2D eigenvalue weighted by molar-refractivity contribution is 5.24. The van der Waals surface area contributed by atoms with Crippen LogP contribution in [0.2, 0.25) is 0 Å². The average molecular weight is 257 g/mol. The average Bonchev–Trinajstić information content (AvgIpc) is 2.87. The molecule has 0 spiro atoms. The zero-order chi connectivity index (χ0) is 13.7. The van der Waals surface area contributed by atoms with Gasteiger partial charge in [0, 0.05) is 13.0 Å². The van der Waals surface area contributed by atoms with Crippen LogP contribution in [0.25, 0.3) is 0 Å². The molecule has 0 saturated carbocycles. The smallest absolute Gasteiger partial charge is 0.117 e. The van der Waals surface area contributed by atoms with E-state index in [9.17, 15) is 0 Å². The molecule has 0 unspecified atom stereocenters. The number of rotatable bonds is 6. The minimum Gasteiger partial charge on any atom is -0.465 e. The highest BCUT2D eigenvalue weighted by Gasteiger charge is 2.01. The second-order valence-corrected chi connectivity index (χ2v) is 5.22. The Hall–Kier alpha value is -1.54. The molecule has 19 heavy (non-hydrogen) atoms. The minimum absolute atomic E-state index is 0.595. The molecule has 0 fully saturated rings. The molecule has 2 heteroatoms. The van der Waals surface area contributed by atoms with E-state index in [-0.39, 0.29) is 0 Å². The number of aryl methyl sites for hydroxylation is 1. The quantitative estimate of drug-likeness (QED) is 0.836. The second kappa shape index (κ2) is 6.58. The number of furan rings is 1. The van der Waals surface area contributed by atoms with E-state index in [1.165, 1.54) is 11.1 Å². The van der Waals surface area contributed by atoms with E-state index in [1.807, 2.05) is 6.07 Å². The predicted octanol–water partition coefficient (Wildman–Crippen LogP) is 4.26. The van der Waals surface area contributed by atoms with Gasteiger partial charge in [0.25, 0.3) is 0 Å². The number of nitrogens with one attached hydrogen (secondary N) is 1. The highest BCUT2D eigenvalue weighted by Crippen LogP contribution is 2.14. The normalized spacial score (nSPS) is 11.2. The van der Waals surface area contributed by atoms with Gasteiger partial charge in [0.1, 0.15) is 11.5 Å². The van der Waals surface area contributed by atoms with Crippen molar-refractivity contribution in [3.05, 3.63) is 59.0 Å². The van der Waals surface area contributed by atoms with Crippen molar-refractivity contribution < 1.29 is 4.42 Å². The summed E-state index contributed by atoms with van der Waals surface area (Å²) in [6.07, 6.45) is 0.955. The molecule has 0 atom stereocenters. The van der Waals surface area contributed by atoms with Crippen LogP contribution in [0, 0.1) is 0 Å². The lowest BCUT2D eigenvalue weighted by Gasteiger charge is -2.07. The molecular formula is C17H23NO. The van der Waals surface area contributed by atoms with Gasteiger partial charge in [0.15, 0.2) is 0 Å². The van der Waals surface area contributed by atoms with Crippen molar-refractivity contribution in [2.45, 2.75) is 46.2 Å². The van der Waals surface area contributed by atoms with Gasteiger partial charge >= 0.3 is 0 Å². The van der Waals surface area contributed by atoms with Crippen LogP contribution in [0.5, 0.6) is 0 Å². The molecule has 1 heterocycles. The van der Waals surface area contributed by atoms with Crippen molar-refractivity contribution in [1.29, 1.82) is 0 Å². The lowest BCUT2D eigenvalue weighted by molar-refractivity contribution is 0.450. The third-order valence-corrected chi connectivity index (χ3v) is 3.34. The summed E-state index contributed by atoms with van der Waals surface area (Å²) < 4.78 is 5.66. The summed E-state index contributed by atoms with van der Waals surface area (Å²) in [5.74, 6) is 2.66. The van der Waals surface area contributed by atoms with Gasteiger partial charge in [0.2, 0.25) is 0 Å². The Morgan fingerprint density at radius 1 is 0.947 bits per heavy atom. The molecule has 1 aromatic carbocycles. The first kappa shape index (κ1) is 13.9. The molecule has 102 valence electrons. The molecule has 0 saturated heterocycles. The second-order valence-electron chi connectivity index (χ2n) is 5.22. The van der Waals surface area contributed by atoms with Gasteiger partial charge in [-0.3, -0.25) is 0 Å². The Bertz CT molecular complexity index is 496. The topological polar surface area (TPSA) is 25.2 Å². The van der Waals surface area contributed by atoms with Crippen molar-refractivity contribution in [3.63, 3.8) is 0 Å². The fourth-order valence-corrected chi connectivity index (χ4v) is 2.06. The Morgan fingerprint density at radius 2 is 1.63 bits per heavy atom. The van der Waals surface area contributed by atoms with Gasteiger partial charge in [-0.1, -0.05) is 45.0 Å². The van der Waals surface area contributed by atoms with Crippen molar-refractivity contribution in [2.75, 3.05) is 0 Å². The van der Waals surface area contributed by atoms with Crippen LogP contribution in [0.4, 0.5) is 0 Å².